The quantitative estimate of drug-likeness (QED) is 0.840. The molecule has 100 valence electrons. The molecule has 0 bridgehead atoms. The van der Waals surface area contributed by atoms with E-state index in [0.717, 1.165) is 19.5 Å². The predicted octanol–water partition coefficient (Wildman–Crippen LogP) is 1.95. The molecule has 0 aliphatic carbocycles. The van der Waals surface area contributed by atoms with Crippen molar-refractivity contribution in [2.24, 2.45) is 5.41 Å². The van der Waals surface area contributed by atoms with Crippen molar-refractivity contribution in [3.63, 3.8) is 0 Å². The molecule has 7 heteroatoms. The summed E-state index contributed by atoms with van der Waals surface area (Å²) >= 11 is 5.99. The van der Waals surface area contributed by atoms with Crippen LogP contribution in [0.2, 0.25) is 5.28 Å². The molecule has 1 saturated heterocycles. The van der Waals surface area contributed by atoms with Crippen LogP contribution in [0.3, 0.4) is 0 Å². The molecule has 6 nitrogen and oxygen atoms in total. The Bertz CT molecular complexity index is 580. The minimum Gasteiger partial charge on any atom is -0.340 e. The minimum absolute atomic E-state index is 0.195. The molecule has 1 aliphatic rings. The van der Waals surface area contributed by atoms with Gasteiger partial charge in [0.15, 0.2) is 0 Å². The van der Waals surface area contributed by atoms with Gasteiger partial charge in [-0.1, -0.05) is 13.8 Å². The fourth-order valence-electron chi connectivity index (χ4n) is 2.24. The lowest BCUT2D eigenvalue weighted by Crippen LogP contribution is -2.25. The summed E-state index contributed by atoms with van der Waals surface area (Å²) in [6, 6.07) is 1.82. The minimum atomic E-state index is 0.195. The smallest absolute Gasteiger partial charge is 0.256 e. The van der Waals surface area contributed by atoms with Gasteiger partial charge in [-0.2, -0.15) is 20.1 Å². The van der Waals surface area contributed by atoms with Crippen molar-refractivity contribution < 1.29 is 0 Å². The third kappa shape index (κ3) is 2.53. The number of anilines is 1. The van der Waals surface area contributed by atoms with Gasteiger partial charge < -0.3 is 4.90 Å². The van der Waals surface area contributed by atoms with Gasteiger partial charge in [0, 0.05) is 25.5 Å². The van der Waals surface area contributed by atoms with Crippen LogP contribution in [-0.4, -0.2) is 37.8 Å². The third-order valence-electron chi connectivity index (χ3n) is 3.25. The molecule has 0 aromatic carbocycles. The van der Waals surface area contributed by atoms with E-state index in [9.17, 15) is 0 Å². The van der Waals surface area contributed by atoms with Crippen LogP contribution in [0, 0.1) is 5.41 Å². The van der Waals surface area contributed by atoms with Gasteiger partial charge in [-0.3, -0.25) is 0 Å². The molecule has 0 atom stereocenters. The molecule has 1 aliphatic heterocycles. The standard InChI is InChI=1S/C12H15ClN6/c1-12(2)4-7-18(8-12)10-15-9(13)16-11(17-10)19-6-3-5-14-19/h3,5-6H,4,7-8H2,1-2H3. The van der Waals surface area contributed by atoms with Crippen LogP contribution in [-0.2, 0) is 0 Å². The molecule has 0 amide bonds. The fourth-order valence-corrected chi connectivity index (χ4v) is 2.39. The van der Waals surface area contributed by atoms with Crippen molar-refractivity contribution in [3.8, 4) is 5.95 Å². The number of hydrogen-bond donors (Lipinski definition) is 0. The normalized spacial score (nSPS) is 17.9. The number of nitrogens with zero attached hydrogens (tertiary/aromatic N) is 6. The Hall–Kier alpha value is -1.69. The van der Waals surface area contributed by atoms with E-state index in [0.29, 0.717) is 11.9 Å². The maximum Gasteiger partial charge on any atom is 0.256 e. The second-order valence-corrected chi connectivity index (χ2v) is 5.83. The van der Waals surface area contributed by atoms with E-state index in [4.69, 9.17) is 11.6 Å². The van der Waals surface area contributed by atoms with E-state index in [1.54, 1.807) is 17.1 Å². The fraction of sp³-hybridized carbons (Fsp3) is 0.500. The van der Waals surface area contributed by atoms with Gasteiger partial charge in [0.2, 0.25) is 11.2 Å². The van der Waals surface area contributed by atoms with Crippen LogP contribution in [0.4, 0.5) is 5.95 Å². The Morgan fingerprint density at radius 1 is 1.21 bits per heavy atom. The molecule has 2 aromatic heterocycles. The van der Waals surface area contributed by atoms with Gasteiger partial charge in [0.1, 0.15) is 0 Å². The van der Waals surface area contributed by atoms with Gasteiger partial charge in [-0.05, 0) is 29.5 Å². The highest BCUT2D eigenvalue weighted by atomic mass is 35.5. The summed E-state index contributed by atoms with van der Waals surface area (Å²) in [5, 5.41) is 4.31. The summed E-state index contributed by atoms with van der Waals surface area (Å²) in [4.78, 5) is 14.9. The van der Waals surface area contributed by atoms with Gasteiger partial charge in [0.25, 0.3) is 5.95 Å². The summed E-state index contributed by atoms with van der Waals surface area (Å²) < 4.78 is 1.58. The second-order valence-electron chi connectivity index (χ2n) is 5.49. The van der Waals surface area contributed by atoms with Crippen molar-refractivity contribution in [2.45, 2.75) is 20.3 Å². The van der Waals surface area contributed by atoms with E-state index in [2.05, 4.69) is 38.8 Å². The Kier molecular flexibility index (Phi) is 2.89. The molecule has 1 fully saturated rings. The highest BCUT2D eigenvalue weighted by Crippen LogP contribution is 2.31. The molecule has 19 heavy (non-hydrogen) atoms. The third-order valence-corrected chi connectivity index (χ3v) is 3.42. The van der Waals surface area contributed by atoms with Crippen LogP contribution in [0.25, 0.3) is 5.95 Å². The van der Waals surface area contributed by atoms with Crippen LogP contribution < -0.4 is 4.90 Å². The summed E-state index contributed by atoms with van der Waals surface area (Å²) in [5.41, 5.74) is 0.283. The van der Waals surface area contributed by atoms with E-state index in [1.807, 2.05) is 6.07 Å². The first-order valence-electron chi connectivity index (χ1n) is 6.20. The number of halogens is 1. The van der Waals surface area contributed by atoms with E-state index >= 15 is 0 Å². The monoisotopic (exact) mass is 278 g/mol. The Balaban J connectivity index is 1.95. The van der Waals surface area contributed by atoms with Crippen LogP contribution >= 0.6 is 11.6 Å². The Morgan fingerprint density at radius 3 is 2.63 bits per heavy atom. The topological polar surface area (TPSA) is 59.7 Å². The van der Waals surface area contributed by atoms with Gasteiger partial charge in [-0.15, -0.1) is 0 Å². The van der Waals surface area contributed by atoms with Crippen LogP contribution in [0.15, 0.2) is 18.5 Å². The first-order chi connectivity index (χ1) is 9.03. The zero-order chi connectivity index (χ0) is 13.5. The van der Waals surface area contributed by atoms with Crippen molar-refractivity contribution in [3.05, 3.63) is 23.7 Å². The molecule has 2 aromatic rings. The van der Waals surface area contributed by atoms with Gasteiger partial charge >= 0.3 is 0 Å². The Labute approximate surface area is 116 Å². The molecule has 0 N–H and O–H groups in total. The van der Waals surface area contributed by atoms with Gasteiger partial charge in [0.05, 0.1) is 0 Å². The largest absolute Gasteiger partial charge is 0.340 e. The lowest BCUT2D eigenvalue weighted by atomic mass is 9.93. The second kappa shape index (κ2) is 4.45. The van der Waals surface area contributed by atoms with Crippen LogP contribution in [0.1, 0.15) is 20.3 Å². The van der Waals surface area contributed by atoms with E-state index in [-0.39, 0.29) is 10.7 Å². The number of rotatable bonds is 2. The SMILES string of the molecule is CC1(C)CCN(c2nc(Cl)nc(-n3cccn3)n2)C1. The predicted molar refractivity (Wildman–Crippen MR) is 72.6 cm³/mol. The zero-order valence-electron chi connectivity index (χ0n) is 10.9. The molecule has 0 radical (unpaired) electrons. The zero-order valence-corrected chi connectivity index (χ0v) is 11.7. The first-order valence-corrected chi connectivity index (χ1v) is 6.58. The van der Waals surface area contributed by atoms with Crippen molar-refractivity contribution in [2.75, 3.05) is 18.0 Å². The molecular weight excluding hydrogens is 264 g/mol. The van der Waals surface area contributed by atoms with E-state index in [1.165, 1.54) is 0 Å². The lowest BCUT2D eigenvalue weighted by Gasteiger charge is -2.19. The van der Waals surface area contributed by atoms with Crippen LogP contribution in [0.5, 0.6) is 0 Å². The first kappa shape index (κ1) is 12.3. The van der Waals surface area contributed by atoms with Crippen molar-refractivity contribution in [1.82, 2.24) is 24.7 Å². The molecule has 0 unspecified atom stereocenters. The maximum absolute atomic E-state index is 5.99. The molecule has 0 spiro atoms. The average Bonchev–Trinajstić information content (AvgIpc) is 2.97. The highest BCUT2D eigenvalue weighted by molar-refractivity contribution is 6.28. The maximum atomic E-state index is 5.99. The summed E-state index contributed by atoms with van der Waals surface area (Å²) in [6.45, 7) is 6.34. The summed E-state index contributed by atoms with van der Waals surface area (Å²) in [5.74, 6) is 1.07. The van der Waals surface area contributed by atoms with Crippen molar-refractivity contribution >= 4 is 17.5 Å². The summed E-state index contributed by atoms with van der Waals surface area (Å²) in [7, 11) is 0. The molecule has 3 heterocycles. The molecule has 3 rings (SSSR count). The molecule has 0 saturated carbocycles. The average molecular weight is 279 g/mol. The summed E-state index contributed by atoms with van der Waals surface area (Å²) in [6.07, 6.45) is 4.58. The number of aromatic nitrogens is 5. The lowest BCUT2D eigenvalue weighted by molar-refractivity contribution is 0.418. The van der Waals surface area contributed by atoms with E-state index < -0.39 is 0 Å². The number of hydrogen-bond acceptors (Lipinski definition) is 5. The molecular formula is C12H15ClN6. The van der Waals surface area contributed by atoms with Crippen molar-refractivity contribution in [1.29, 1.82) is 0 Å². The Morgan fingerprint density at radius 2 is 2.00 bits per heavy atom. The highest BCUT2D eigenvalue weighted by Gasteiger charge is 2.31. The van der Waals surface area contributed by atoms with Gasteiger partial charge in [-0.25, -0.2) is 4.68 Å².